The van der Waals surface area contributed by atoms with Gasteiger partial charge in [0.15, 0.2) is 5.96 Å². The summed E-state index contributed by atoms with van der Waals surface area (Å²) in [5.74, 6) is 0.451. The summed E-state index contributed by atoms with van der Waals surface area (Å²) in [4.78, 5) is 5.59. The predicted octanol–water partition coefficient (Wildman–Crippen LogP) is 3.91. The third-order valence-electron chi connectivity index (χ3n) is 2.69. The quantitative estimate of drug-likeness (QED) is 0.477. The SMILES string of the molecule is Cc1ccc(NC(N)=NCc2sccc2C)cc1.I. The van der Waals surface area contributed by atoms with Gasteiger partial charge >= 0.3 is 0 Å². The predicted molar refractivity (Wildman–Crippen MR) is 94.6 cm³/mol. The molecule has 102 valence electrons. The maximum Gasteiger partial charge on any atom is 0.193 e. The molecule has 1 heterocycles. The number of thiophene rings is 1. The summed E-state index contributed by atoms with van der Waals surface area (Å²) in [5, 5.41) is 5.16. The molecule has 0 aliphatic heterocycles. The van der Waals surface area contributed by atoms with Crippen LogP contribution in [-0.4, -0.2) is 5.96 Å². The number of rotatable bonds is 3. The van der Waals surface area contributed by atoms with Crippen LogP contribution in [0.1, 0.15) is 16.0 Å². The number of aryl methyl sites for hydroxylation is 2. The van der Waals surface area contributed by atoms with E-state index >= 15 is 0 Å². The van der Waals surface area contributed by atoms with Gasteiger partial charge in [-0.05, 0) is 43.0 Å². The Balaban J connectivity index is 0.00000180. The highest BCUT2D eigenvalue weighted by Crippen LogP contribution is 2.16. The first-order chi connectivity index (χ1) is 8.65. The number of halogens is 1. The van der Waals surface area contributed by atoms with Crippen LogP contribution in [0.2, 0.25) is 0 Å². The van der Waals surface area contributed by atoms with Gasteiger partial charge in [-0.2, -0.15) is 0 Å². The lowest BCUT2D eigenvalue weighted by Gasteiger charge is -2.05. The van der Waals surface area contributed by atoms with Crippen LogP contribution in [-0.2, 0) is 6.54 Å². The highest BCUT2D eigenvalue weighted by Gasteiger charge is 1.99. The van der Waals surface area contributed by atoms with E-state index in [1.807, 2.05) is 24.3 Å². The number of hydrogen-bond donors (Lipinski definition) is 2. The van der Waals surface area contributed by atoms with Gasteiger partial charge in [0, 0.05) is 10.6 Å². The van der Waals surface area contributed by atoms with Crippen molar-refractivity contribution in [2.75, 3.05) is 5.32 Å². The van der Waals surface area contributed by atoms with Gasteiger partial charge in [-0.25, -0.2) is 4.99 Å². The standard InChI is InChI=1S/C14H17N3S.HI/c1-10-3-5-12(6-4-10)17-14(15)16-9-13-11(2)7-8-18-13;/h3-8H,9H2,1-2H3,(H3,15,16,17);1H. The van der Waals surface area contributed by atoms with Crippen molar-refractivity contribution < 1.29 is 0 Å². The second-order valence-corrected chi connectivity index (χ2v) is 5.22. The monoisotopic (exact) mass is 387 g/mol. The maximum absolute atomic E-state index is 5.85. The lowest BCUT2D eigenvalue weighted by atomic mass is 10.2. The second-order valence-electron chi connectivity index (χ2n) is 4.22. The van der Waals surface area contributed by atoms with E-state index in [0.717, 1.165) is 5.69 Å². The Morgan fingerprint density at radius 2 is 1.89 bits per heavy atom. The van der Waals surface area contributed by atoms with Crippen LogP contribution >= 0.6 is 35.3 Å². The number of hydrogen-bond acceptors (Lipinski definition) is 2. The van der Waals surface area contributed by atoms with E-state index in [0.29, 0.717) is 12.5 Å². The zero-order valence-corrected chi connectivity index (χ0v) is 14.2. The molecule has 1 aromatic heterocycles. The average molecular weight is 387 g/mol. The first-order valence-corrected chi connectivity index (χ1v) is 6.69. The van der Waals surface area contributed by atoms with E-state index in [1.54, 1.807) is 11.3 Å². The van der Waals surface area contributed by atoms with Crippen LogP contribution in [0.25, 0.3) is 0 Å². The molecule has 0 radical (unpaired) electrons. The molecule has 0 bridgehead atoms. The van der Waals surface area contributed by atoms with Crippen LogP contribution < -0.4 is 11.1 Å². The zero-order chi connectivity index (χ0) is 13.0. The van der Waals surface area contributed by atoms with Crippen LogP contribution in [0.3, 0.4) is 0 Å². The van der Waals surface area contributed by atoms with E-state index in [-0.39, 0.29) is 24.0 Å². The molecule has 5 heteroatoms. The van der Waals surface area contributed by atoms with E-state index in [9.17, 15) is 0 Å². The third-order valence-corrected chi connectivity index (χ3v) is 3.69. The van der Waals surface area contributed by atoms with Gasteiger partial charge in [0.1, 0.15) is 0 Å². The Hall–Kier alpha value is -1.08. The van der Waals surface area contributed by atoms with Gasteiger partial charge in [-0.15, -0.1) is 35.3 Å². The Morgan fingerprint density at radius 1 is 1.21 bits per heavy atom. The zero-order valence-electron chi connectivity index (χ0n) is 11.0. The molecule has 0 atom stereocenters. The molecule has 1 aromatic carbocycles. The molecule has 19 heavy (non-hydrogen) atoms. The number of aliphatic imine (C=N–C) groups is 1. The summed E-state index contributed by atoms with van der Waals surface area (Å²) >= 11 is 1.71. The van der Waals surface area contributed by atoms with Gasteiger partial charge in [-0.3, -0.25) is 0 Å². The molecule has 2 rings (SSSR count). The molecule has 0 amide bonds. The van der Waals surface area contributed by atoms with Crippen molar-refractivity contribution in [3.63, 3.8) is 0 Å². The molecular formula is C14H18IN3S. The van der Waals surface area contributed by atoms with Crippen molar-refractivity contribution in [3.05, 3.63) is 51.7 Å². The fraction of sp³-hybridized carbons (Fsp3) is 0.214. The normalized spacial score (nSPS) is 10.9. The molecule has 0 aliphatic rings. The Labute approximate surface area is 135 Å². The van der Waals surface area contributed by atoms with Gasteiger partial charge in [0.05, 0.1) is 6.54 Å². The van der Waals surface area contributed by atoms with Crippen molar-refractivity contribution in [1.82, 2.24) is 0 Å². The molecule has 3 N–H and O–H groups in total. The van der Waals surface area contributed by atoms with Crippen molar-refractivity contribution in [2.45, 2.75) is 20.4 Å². The molecule has 0 fully saturated rings. The molecule has 0 spiro atoms. The van der Waals surface area contributed by atoms with E-state index in [4.69, 9.17) is 5.73 Å². The summed E-state index contributed by atoms with van der Waals surface area (Å²) in [6.45, 7) is 4.78. The number of benzene rings is 1. The summed E-state index contributed by atoms with van der Waals surface area (Å²) in [7, 11) is 0. The highest BCUT2D eigenvalue weighted by atomic mass is 127. The molecule has 3 nitrogen and oxygen atoms in total. The van der Waals surface area contributed by atoms with Crippen molar-refractivity contribution in [2.24, 2.45) is 10.7 Å². The van der Waals surface area contributed by atoms with Crippen molar-refractivity contribution >= 4 is 47.0 Å². The maximum atomic E-state index is 5.85. The average Bonchev–Trinajstić information content (AvgIpc) is 2.75. The highest BCUT2D eigenvalue weighted by molar-refractivity contribution is 14.0. The van der Waals surface area contributed by atoms with Crippen LogP contribution in [0.15, 0.2) is 40.7 Å². The molecular weight excluding hydrogens is 369 g/mol. The van der Waals surface area contributed by atoms with Gasteiger partial charge in [-0.1, -0.05) is 17.7 Å². The summed E-state index contributed by atoms with van der Waals surface area (Å²) in [6, 6.07) is 10.2. The lowest BCUT2D eigenvalue weighted by Crippen LogP contribution is -2.22. The fourth-order valence-electron chi connectivity index (χ4n) is 1.55. The largest absolute Gasteiger partial charge is 0.370 e. The fourth-order valence-corrected chi connectivity index (χ4v) is 2.38. The second kappa shape index (κ2) is 7.49. The molecule has 0 saturated heterocycles. The van der Waals surface area contributed by atoms with Crippen molar-refractivity contribution in [1.29, 1.82) is 0 Å². The van der Waals surface area contributed by atoms with Gasteiger partial charge in [0.2, 0.25) is 0 Å². The number of anilines is 1. The number of nitrogens with one attached hydrogen (secondary N) is 1. The first kappa shape index (κ1) is 16.0. The summed E-state index contributed by atoms with van der Waals surface area (Å²) in [5.41, 5.74) is 9.31. The summed E-state index contributed by atoms with van der Waals surface area (Å²) < 4.78 is 0. The third kappa shape index (κ3) is 4.83. The molecule has 0 aliphatic carbocycles. The minimum absolute atomic E-state index is 0. The smallest absolute Gasteiger partial charge is 0.193 e. The Kier molecular flexibility index (Phi) is 6.30. The van der Waals surface area contributed by atoms with Gasteiger partial charge < -0.3 is 11.1 Å². The Morgan fingerprint density at radius 3 is 2.47 bits per heavy atom. The van der Waals surface area contributed by atoms with E-state index in [1.165, 1.54) is 16.0 Å². The van der Waals surface area contributed by atoms with Crippen LogP contribution in [0.5, 0.6) is 0 Å². The molecule has 2 aromatic rings. The van der Waals surface area contributed by atoms with E-state index < -0.39 is 0 Å². The minimum Gasteiger partial charge on any atom is -0.370 e. The first-order valence-electron chi connectivity index (χ1n) is 5.82. The molecule has 0 saturated carbocycles. The topological polar surface area (TPSA) is 50.4 Å². The van der Waals surface area contributed by atoms with Crippen molar-refractivity contribution in [3.8, 4) is 0 Å². The van der Waals surface area contributed by atoms with Crippen LogP contribution in [0.4, 0.5) is 5.69 Å². The lowest BCUT2D eigenvalue weighted by molar-refractivity contribution is 1.08. The Bertz CT molecular complexity index is 546. The minimum atomic E-state index is 0. The van der Waals surface area contributed by atoms with E-state index in [2.05, 4.69) is 35.6 Å². The molecule has 0 unspecified atom stereocenters. The number of nitrogens with two attached hydrogens (primary N) is 1. The van der Waals surface area contributed by atoms with Gasteiger partial charge in [0.25, 0.3) is 0 Å². The number of guanidine groups is 1. The number of nitrogens with zero attached hydrogens (tertiary/aromatic N) is 1. The summed E-state index contributed by atoms with van der Waals surface area (Å²) in [6.07, 6.45) is 0. The van der Waals surface area contributed by atoms with Crippen LogP contribution in [0, 0.1) is 13.8 Å².